The number of rotatable bonds is 12. The van der Waals surface area contributed by atoms with Crippen LogP contribution in [0.5, 0.6) is 0 Å². The van der Waals surface area contributed by atoms with Crippen LogP contribution >= 0.6 is 0 Å². The minimum Gasteiger partial charge on any atom is -0.378 e. The summed E-state index contributed by atoms with van der Waals surface area (Å²) in [5.74, 6) is 1.24. The first-order valence-electron chi connectivity index (χ1n) is 24.7. The van der Waals surface area contributed by atoms with Gasteiger partial charge in [-0.05, 0) is 123 Å². The zero-order valence-corrected chi connectivity index (χ0v) is 40.6. The van der Waals surface area contributed by atoms with Crippen molar-refractivity contribution in [2.75, 3.05) is 105 Å². The minimum absolute atomic E-state index is 0.0998. The van der Waals surface area contributed by atoms with E-state index >= 15 is 0 Å². The van der Waals surface area contributed by atoms with Crippen LogP contribution in [0.4, 0.5) is 46.0 Å². The summed E-state index contributed by atoms with van der Waals surface area (Å²) in [6.07, 6.45) is 7.22. The van der Waals surface area contributed by atoms with Gasteiger partial charge in [0.1, 0.15) is 5.69 Å². The number of morpholine rings is 1. The van der Waals surface area contributed by atoms with Crippen LogP contribution in [0.15, 0.2) is 122 Å². The summed E-state index contributed by atoms with van der Waals surface area (Å²) in [4.78, 5) is 60.8. The fourth-order valence-electron chi connectivity index (χ4n) is 9.95. The number of piperazine rings is 1. The number of ether oxygens (including phenoxy) is 1. The van der Waals surface area contributed by atoms with Crippen LogP contribution < -0.4 is 41.3 Å². The number of hydrogen-bond donors (Lipinski definition) is 5. The van der Waals surface area contributed by atoms with Gasteiger partial charge in [-0.25, -0.2) is 19.9 Å². The number of carbonyl (C=O) groups is 3. The molecule has 0 spiro atoms. The number of carbonyl (C=O) groups excluding carboxylic acids is 3. The maximum Gasteiger partial charge on any atom is 0.276 e. The molecule has 2 atom stereocenters. The molecule has 4 saturated heterocycles. The van der Waals surface area contributed by atoms with Crippen molar-refractivity contribution in [2.24, 2.45) is 11.7 Å². The highest BCUT2D eigenvalue weighted by atomic mass is 16.5. The minimum atomic E-state index is -0.228. The van der Waals surface area contributed by atoms with Crippen molar-refractivity contribution in [3.8, 4) is 22.5 Å². The standard InChI is InChI=1S/C28H33N7O2.C26H30N6O2/c1-20(36)31-23-4-2-21(3-5-23)26-12-15-30-28(33-26)32-24-6-8-25(9-7-24)34-16-18-35(19-17-34)27(37)22-10-13-29-14-11-22;1-32(16-2-3-24(32)25(27)33)22-10-4-19(5-11-22)23-12-13-28-26(30-23)29-20-6-8-21(9-7-20)31-14-17-34-18-15-31/h2-9,12,15,22,29H,10-11,13-14,16-19H2,1H3,(H,31,36)(H,30,32,33);4-13,24H,2-3,14-18H2,1H3,(H2-,27,28,29,30,33)/p+1/t;24-,32?/m.0/s1. The van der Waals surface area contributed by atoms with E-state index in [9.17, 15) is 14.4 Å². The van der Waals surface area contributed by atoms with Gasteiger partial charge < -0.3 is 46.4 Å². The van der Waals surface area contributed by atoms with Crippen molar-refractivity contribution < 1.29 is 19.1 Å². The number of nitrogens with zero attached hydrogens (tertiary/aromatic N) is 8. The van der Waals surface area contributed by atoms with Gasteiger partial charge in [0.15, 0.2) is 6.04 Å². The van der Waals surface area contributed by atoms with Crippen LogP contribution in [0.2, 0.25) is 0 Å². The fourth-order valence-corrected chi connectivity index (χ4v) is 9.95. The highest BCUT2D eigenvalue weighted by Gasteiger charge is 2.43. The van der Waals surface area contributed by atoms with Gasteiger partial charge in [-0.15, -0.1) is 0 Å². The van der Waals surface area contributed by atoms with Gasteiger partial charge in [-0.3, -0.25) is 18.9 Å². The third-order valence-electron chi connectivity index (χ3n) is 13.9. The predicted molar refractivity (Wildman–Crippen MR) is 281 cm³/mol. The van der Waals surface area contributed by atoms with E-state index in [0.29, 0.717) is 22.3 Å². The van der Waals surface area contributed by atoms with Crippen LogP contribution in [0.3, 0.4) is 0 Å². The average molecular weight is 959 g/mol. The third-order valence-corrected chi connectivity index (χ3v) is 13.9. The van der Waals surface area contributed by atoms with Crippen LogP contribution in [-0.2, 0) is 19.1 Å². The number of likely N-dealkylation sites (tertiary alicyclic amines) is 1. The highest BCUT2D eigenvalue weighted by Crippen LogP contribution is 2.34. The molecule has 368 valence electrons. The number of nitrogens with two attached hydrogens (primary N) is 1. The van der Waals surface area contributed by atoms with Gasteiger partial charge in [0.2, 0.25) is 23.7 Å². The molecule has 4 fully saturated rings. The number of benzene rings is 4. The number of anilines is 7. The Morgan fingerprint density at radius 3 is 1.68 bits per heavy atom. The summed E-state index contributed by atoms with van der Waals surface area (Å²) in [6.45, 7) is 10.9. The van der Waals surface area contributed by atoms with Crippen LogP contribution in [0.1, 0.15) is 32.6 Å². The van der Waals surface area contributed by atoms with E-state index in [1.807, 2.05) is 65.6 Å². The first-order valence-corrected chi connectivity index (χ1v) is 24.7. The van der Waals surface area contributed by atoms with Crippen LogP contribution in [-0.4, -0.2) is 128 Å². The summed E-state index contributed by atoms with van der Waals surface area (Å²) in [7, 11) is 2.09. The number of primary amides is 1. The molecule has 4 aromatic carbocycles. The molecule has 17 heteroatoms. The molecule has 0 aliphatic carbocycles. The molecule has 71 heavy (non-hydrogen) atoms. The van der Waals surface area contributed by atoms with E-state index in [4.69, 9.17) is 15.5 Å². The SMILES string of the molecule is CC(=O)Nc1ccc(-c2ccnc(Nc3ccc(N4CCN(C(=O)C5CCNCC5)CC4)cc3)n2)cc1.C[N+]1(c2ccc(-c3ccnc(Nc4ccc(N5CCOCC5)cc4)n3)cc2)CCC[C@H]1C(N)=O. The molecule has 6 N–H and O–H groups in total. The zero-order chi connectivity index (χ0) is 49.2. The Kier molecular flexibility index (Phi) is 15.4. The molecule has 4 aliphatic rings. The summed E-state index contributed by atoms with van der Waals surface area (Å²) >= 11 is 0. The number of hydrogen-bond acceptors (Lipinski definition) is 13. The Bertz CT molecular complexity index is 2740. The molecule has 17 nitrogen and oxygen atoms in total. The van der Waals surface area contributed by atoms with Crippen molar-refractivity contribution in [3.63, 3.8) is 0 Å². The van der Waals surface area contributed by atoms with Crippen molar-refractivity contribution in [3.05, 3.63) is 122 Å². The van der Waals surface area contributed by atoms with Crippen molar-refractivity contribution >= 4 is 63.7 Å². The molecule has 4 aliphatic heterocycles. The summed E-state index contributed by atoms with van der Waals surface area (Å²) in [5, 5.41) is 12.7. The van der Waals surface area contributed by atoms with Crippen LogP contribution in [0, 0.1) is 5.92 Å². The Hall–Kier alpha value is -7.47. The smallest absolute Gasteiger partial charge is 0.276 e. The van der Waals surface area contributed by atoms with Gasteiger partial charge in [0.05, 0.1) is 38.2 Å². The Morgan fingerprint density at radius 1 is 0.648 bits per heavy atom. The lowest BCUT2D eigenvalue weighted by Gasteiger charge is -2.38. The maximum absolute atomic E-state index is 12.8. The average Bonchev–Trinajstić information content (AvgIpc) is 3.83. The van der Waals surface area contributed by atoms with E-state index in [-0.39, 0.29) is 23.8 Å². The predicted octanol–water partition coefficient (Wildman–Crippen LogP) is 6.80. The largest absolute Gasteiger partial charge is 0.378 e. The number of aromatic nitrogens is 4. The second kappa shape index (κ2) is 22.5. The normalized spacial score (nSPS) is 19.3. The first kappa shape index (κ1) is 48.5. The lowest BCUT2D eigenvalue weighted by atomic mass is 9.96. The number of amides is 3. The third kappa shape index (κ3) is 12.1. The van der Waals surface area contributed by atoms with Gasteiger partial charge >= 0.3 is 0 Å². The maximum atomic E-state index is 12.8. The number of nitrogens with one attached hydrogen (secondary N) is 4. The van der Waals surface area contributed by atoms with Gasteiger partial charge in [-0.2, -0.15) is 0 Å². The van der Waals surface area contributed by atoms with Crippen molar-refractivity contribution in [1.29, 1.82) is 0 Å². The topological polar surface area (TPSA) is 196 Å². The molecule has 10 rings (SSSR count). The lowest BCUT2D eigenvalue weighted by Crippen LogP contribution is -2.55. The van der Waals surface area contributed by atoms with E-state index < -0.39 is 0 Å². The molecule has 2 aromatic heterocycles. The highest BCUT2D eigenvalue weighted by molar-refractivity contribution is 5.89. The zero-order valence-electron chi connectivity index (χ0n) is 40.6. The summed E-state index contributed by atoms with van der Waals surface area (Å²) in [5.41, 5.74) is 15.3. The molecule has 6 heterocycles. The monoisotopic (exact) mass is 959 g/mol. The molecule has 1 unspecified atom stereocenters. The molecule has 6 aromatic rings. The molecule has 0 radical (unpaired) electrons. The Balaban J connectivity index is 0.000000176. The molecule has 3 amide bonds. The Labute approximate surface area is 415 Å². The second-order valence-corrected chi connectivity index (χ2v) is 18.7. The van der Waals surface area contributed by atoms with Crippen molar-refractivity contribution in [2.45, 2.75) is 38.6 Å². The van der Waals surface area contributed by atoms with Crippen LogP contribution in [0.25, 0.3) is 22.5 Å². The second-order valence-electron chi connectivity index (χ2n) is 18.7. The first-order chi connectivity index (χ1) is 34.6. The van der Waals surface area contributed by atoms with Gasteiger partial charge in [0, 0.05) is 117 Å². The van der Waals surface area contributed by atoms with E-state index in [1.165, 1.54) is 12.6 Å². The van der Waals surface area contributed by atoms with E-state index in [2.05, 4.69) is 102 Å². The van der Waals surface area contributed by atoms with Crippen molar-refractivity contribution in [1.82, 2.24) is 34.6 Å². The Morgan fingerprint density at radius 2 is 1.15 bits per heavy atom. The summed E-state index contributed by atoms with van der Waals surface area (Å²) in [6, 6.07) is 36.0. The molecule has 0 bridgehead atoms. The molecular formula is C54H64N13O4+. The molecule has 0 saturated carbocycles. The summed E-state index contributed by atoms with van der Waals surface area (Å²) < 4.78 is 6.00. The van der Waals surface area contributed by atoms with E-state index in [0.717, 1.165) is 149 Å². The van der Waals surface area contributed by atoms with E-state index in [1.54, 1.807) is 12.4 Å². The van der Waals surface area contributed by atoms with Gasteiger partial charge in [0.25, 0.3) is 5.91 Å². The van der Waals surface area contributed by atoms with Gasteiger partial charge in [-0.1, -0.05) is 12.1 Å². The molecular weight excluding hydrogens is 895 g/mol. The quantitative estimate of drug-likeness (QED) is 0.0805. The lowest BCUT2D eigenvalue weighted by molar-refractivity contribution is -0.136. The number of piperidine rings is 1. The number of quaternary nitrogens is 1. The number of likely N-dealkylation sites (N-methyl/N-ethyl adjacent to an activating group) is 1. The fraction of sp³-hybridized carbons (Fsp3) is 0.352.